The van der Waals surface area contributed by atoms with Gasteiger partial charge in [0.05, 0.1) is 18.8 Å². The number of anilines is 3. The molecule has 1 amide bonds. The molecule has 172 valence electrons. The van der Waals surface area contributed by atoms with Crippen molar-refractivity contribution in [2.45, 2.75) is 46.1 Å². The van der Waals surface area contributed by atoms with Gasteiger partial charge in [-0.15, -0.1) is 0 Å². The monoisotopic (exact) mass is 441 g/mol. The number of nitrogens with zero attached hydrogens (tertiary/aromatic N) is 3. The quantitative estimate of drug-likeness (QED) is 0.727. The first-order chi connectivity index (χ1) is 15.5. The van der Waals surface area contributed by atoms with Gasteiger partial charge < -0.3 is 29.7 Å². The number of rotatable bonds is 5. The van der Waals surface area contributed by atoms with Crippen LogP contribution >= 0.6 is 0 Å². The standard InChI is InChI=1S/C20H23N5O4.C3H8/c1-11-18-19(25(2)8-17(26)23-18)24-20(21-11)22-13-5-12(6-13)9-27-14-3-4-15-16(7-14)29-10-28-15;1-3-2/h3-4,7,12-13H,5-6,8-10H2,1-2H3,(H,23,26)(H,21,22,24);3H2,1-2H3. The Hall–Kier alpha value is -3.23. The molecule has 0 bridgehead atoms. The fourth-order valence-electron chi connectivity index (χ4n) is 3.87. The average Bonchev–Trinajstić information content (AvgIpc) is 3.19. The molecule has 0 unspecified atom stereocenters. The Bertz CT molecular complexity index is 977. The maximum Gasteiger partial charge on any atom is 0.244 e. The topological polar surface area (TPSA) is 97.8 Å². The van der Waals surface area contributed by atoms with Crippen molar-refractivity contribution in [3.63, 3.8) is 0 Å². The lowest BCUT2D eigenvalue weighted by Crippen LogP contribution is -2.40. The van der Waals surface area contributed by atoms with E-state index in [4.69, 9.17) is 14.2 Å². The van der Waals surface area contributed by atoms with Crippen molar-refractivity contribution >= 4 is 23.4 Å². The summed E-state index contributed by atoms with van der Waals surface area (Å²) in [6.45, 7) is 7.36. The second kappa shape index (κ2) is 9.50. The number of nitrogens with one attached hydrogen (secondary N) is 2. The van der Waals surface area contributed by atoms with Gasteiger partial charge >= 0.3 is 0 Å². The van der Waals surface area contributed by atoms with Gasteiger partial charge in [-0.05, 0) is 37.8 Å². The maximum absolute atomic E-state index is 11.7. The first kappa shape index (κ1) is 22.0. The molecule has 5 rings (SSSR count). The molecule has 3 aliphatic rings. The van der Waals surface area contributed by atoms with Crippen molar-refractivity contribution in [2.75, 3.05) is 42.5 Å². The van der Waals surface area contributed by atoms with E-state index in [-0.39, 0.29) is 12.7 Å². The number of benzene rings is 1. The Kier molecular flexibility index (Phi) is 6.53. The van der Waals surface area contributed by atoms with Gasteiger partial charge in [-0.3, -0.25) is 4.79 Å². The maximum atomic E-state index is 11.7. The van der Waals surface area contributed by atoms with Gasteiger partial charge in [-0.2, -0.15) is 4.98 Å². The van der Waals surface area contributed by atoms with Crippen molar-refractivity contribution in [2.24, 2.45) is 5.92 Å². The third-order valence-corrected chi connectivity index (χ3v) is 5.48. The van der Waals surface area contributed by atoms with E-state index < -0.39 is 0 Å². The summed E-state index contributed by atoms with van der Waals surface area (Å²) in [5, 5.41) is 6.26. The van der Waals surface area contributed by atoms with Crippen LogP contribution in [0.25, 0.3) is 0 Å². The van der Waals surface area contributed by atoms with Gasteiger partial charge in [0.1, 0.15) is 11.4 Å². The zero-order chi connectivity index (χ0) is 22.7. The highest BCUT2D eigenvalue weighted by molar-refractivity contribution is 6.00. The van der Waals surface area contributed by atoms with Crippen molar-refractivity contribution in [1.82, 2.24) is 9.97 Å². The van der Waals surface area contributed by atoms with Crippen LogP contribution in [0.2, 0.25) is 0 Å². The second-order valence-electron chi connectivity index (χ2n) is 8.45. The van der Waals surface area contributed by atoms with Crippen molar-refractivity contribution in [3.8, 4) is 17.2 Å². The van der Waals surface area contributed by atoms with E-state index in [9.17, 15) is 4.79 Å². The lowest BCUT2D eigenvalue weighted by atomic mass is 9.81. The summed E-state index contributed by atoms with van der Waals surface area (Å²) in [6, 6.07) is 5.97. The lowest BCUT2D eigenvalue weighted by molar-refractivity contribution is -0.115. The third kappa shape index (κ3) is 4.81. The van der Waals surface area contributed by atoms with Crippen LogP contribution in [0.3, 0.4) is 0 Å². The van der Waals surface area contributed by atoms with Crippen molar-refractivity contribution in [1.29, 1.82) is 0 Å². The van der Waals surface area contributed by atoms with Gasteiger partial charge in [-0.25, -0.2) is 4.98 Å². The predicted molar refractivity (Wildman–Crippen MR) is 123 cm³/mol. The molecule has 2 aromatic rings. The molecule has 1 fully saturated rings. The Morgan fingerprint density at radius 1 is 1.22 bits per heavy atom. The molecule has 1 saturated carbocycles. The number of ether oxygens (including phenoxy) is 3. The third-order valence-electron chi connectivity index (χ3n) is 5.48. The van der Waals surface area contributed by atoms with Crippen LogP contribution in [0.15, 0.2) is 18.2 Å². The number of aromatic nitrogens is 2. The minimum atomic E-state index is -0.0447. The summed E-state index contributed by atoms with van der Waals surface area (Å²) >= 11 is 0. The van der Waals surface area contributed by atoms with Gasteiger partial charge in [0.2, 0.25) is 18.6 Å². The molecule has 2 N–H and O–H groups in total. The van der Waals surface area contributed by atoms with Crippen LogP contribution in [0, 0.1) is 12.8 Å². The van der Waals surface area contributed by atoms with Gasteiger partial charge in [0.15, 0.2) is 17.3 Å². The Balaban J connectivity index is 0.000000775. The molecule has 9 heteroatoms. The summed E-state index contributed by atoms with van der Waals surface area (Å²) in [4.78, 5) is 22.7. The molecular formula is C23H31N5O4. The molecule has 1 aliphatic carbocycles. The second-order valence-corrected chi connectivity index (χ2v) is 8.45. The van der Waals surface area contributed by atoms with E-state index in [1.165, 1.54) is 6.42 Å². The van der Waals surface area contributed by atoms with Gasteiger partial charge in [-0.1, -0.05) is 20.3 Å². The number of carbonyl (C=O) groups excluding carboxylic acids is 1. The van der Waals surface area contributed by atoms with Crippen molar-refractivity contribution < 1.29 is 19.0 Å². The van der Waals surface area contributed by atoms with E-state index in [2.05, 4.69) is 34.4 Å². The first-order valence-corrected chi connectivity index (χ1v) is 11.1. The Morgan fingerprint density at radius 2 is 1.97 bits per heavy atom. The minimum absolute atomic E-state index is 0.0447. The summed E-state index contributed by atoms with van der Waals surface area (Å²) < 4.78 is 16.6. The number of hydrogen-bond donors (Lipinski definition) is 2. The molecule has 0 spiro atoms. The number of fused-ring (bicyclic) bond motifs is 2. The zero-order valence-electron chi connectivity index (χ0n) is 19.1. The van der Waals surface area contributed by atoms with Gasteiger partial charge in [0.25, 0.3) is 0 Å². The number of aryl methyl sites for hydroxylation is 1. The van der Waals surface area contributed by atoms with Crippen LogP contribution in [0.4, 0.5) is 17.5 Å². The number of amides is 1. The Morgan fingerprint density at radius 3 is 2.75 bits per heavy atom. The van der Waals surface area contributed by atoms with Crippen LogP contribution in [0.1, 0.15) is 38.8 Å². The molecule has 32 heavy (non-hydrogen) atoms. The SMILES string of the molecule is CCC.Cc1nc(NC2CC(COc3ccc4c(c3)OCO4)C2)nc2c1NC(=O)CN2C. The van der Waals surface area contributed by atoms with E-state index in [1.807, 2.05) is 37.1 Å². The summed E-state index contributed by atoms with van der Waals surface area (Å²) in [6.07, 6.45) is 3.24. The zero-order valence-corrected chi connectivity index (χ0v) is 19.1. The fourth-order valence-corrected chi connectivity index (χ4v) is 3.87. The highest BCUT2D eigenvalue weighted by Gasteiger charge is 2.31. The van der Waals surface area contributed by atoms with Crippen LogP contribution < -0.4 is 29.7 Å². The number of carbonyl (C=O) groups is 1. The molecule has 0 radical (unpaired) electrons. The molecular weight excluding hydrogens is 410 g/mol. The van der Waals surface area contributed by atoms with Crippen LogP contribution in [-0.4, -0.2) is 48.9 Å². The normalized spacial score (nSPS) is 20.4. The molecule has 1 aromatic heterocycles. The molecule has 2 aliphatic heterocycles. The van der Waals surface area contributed by atoms with Crippen LogP contribution in [-0.2, 0) is 4.79 Å². The summed E-state index contributed by atoms with van der Waals surface area (Å²) in [5.74, 6) is 4.08. The highest BCUT2D eigenvalue weighted by Crippen LogP contribution is 2.37. The minimum Gasteiger partial charge on any atom is -0.493 e. The molecule has 9 nitrogen and oxygen atoms in total. The van der Waals surface area contributed by atoms with E-state index in [1.54, 1.807) is 0 Å². The average molecular weight is 442 g/mol. The molecule has 3 heterocycles. The lowest BCUT2D eigenvalue weighted by Gasteiger charge is -2.36. The van der Waals surface area contributed by atoms with Crippen LogP contribution in [0.5, 0.6) is 17.2 Å². The smallest absolute Gasteiger partial charge is 0.244 e. The van der Waals surface area contributed by atoms with E-state index >= 15 is 0 Å². The predicted octanol–water partition coefficient (Wildman–Crippen LogP) is 3.59. The highest BCUT2D eigenvalue weighted by atomic mass is 16.7. The summed E-state index contributed by atoms with van der Waals surface area (Å²) in [7, 11) is 1.86. The molecule has 0 atom stereocenters. The van der Waals surface area contributed by atoms with Crippen molar-refractivity contribution in [3.05, 3.63) is 23.9 Å². The number of likely N-dealkylation sites (N-methyl/N-ethyl adjacent to an activating group) is 1. The molecule has 1 aromatic carbocycles. The number of hydrogen-bond acceptors (Lipinski definition) is 8. The summed E-state index contributed by atoms with van der Waals surface area (Å²) in [5.41, 5.74) is 1.46. The Labute approximate surface area is 188 Å². The van der Waals surface area contributed by atoms with E-state index in [0.717, 1.165) is 41.6 Å². The van der Waals surface area contributed by atoms with E-state index in [0.29, 0.717) is 36.7 Å². The largest absolute Gasteiger partial charge is 0.493 e. The molecule has 0 saturated heterocycles. The first-order valence-electron chi connectivity index (χ1n) is 11.1. The fraction of sp³-hybridized carbons (Fsp3) is 0.522. The van der Waals surface area contributed by atoms with Gasteiger partial charge in [0, 0.05) is 19.2 Å².